The molecule has 0 spiro atoms. The first-order valence-electron chi connectivity index (χ1n) is 5.93. The van der Waals surface area contributed by atoms with Crippen molar-refractivity contribution in [2.75, 3.05) is 5.73 Å². The van der Waals surface area contributed by atoms with Crippen LogP contribution in [0.3, 0.4) is 0 Å². The van der Waals surface area contributed by atoms with Gasteiger partial charge in [-0.3, -0.25) is 4.79 Å². The van der Waals surface area contributed by atoms with Crippen LogP contribution in [0.15, 0.2) is 36.4 Å². The van der Waals surface area contributed by atoms with E-state index in [1.54, 1.807) is 6.07 Å². The molecule has 2 aromatic rings. The predicted octanol–water partition coefficient (Wildman–Crippen LogP) is 2.49. The molecule has 1 aliphatic rings. The van der Waals surface area contributed by atoms with Gasteiger partial charge in [0.25, 0.3) is 5.91 Å². The molecule has 0 atom stereocenters. The SMILES string of the molecule is Cc1ccc(-c2ccc(N)c3c2CNC3=O)cc1. The fourth-order valence-electron chi connectivity index (χ4n) is 2.38. The normalized spacial score (nSPS) is 13.3. The highest BCUT2D eigenvalue weighted by molar-refractivity contribution is 6.05. The van der Waals surface area contributed by atoms with Crippen LogP contribution in [0.25, 0.3) is 11.1 Å². The van der Waals surface area contributed by atoms with E-state index in [9.17, 15) is 4.79 Å². The second-order valence-electron chi connectivity index (χ2n) is 4.60. The molecule has 0 unspecified atom stereocenters. The first-order chi connectivity index (χ1) is 8.66. The number of nitrogens with one attached hydrogen (secondary N) is 1. The van der Waals surface area contributed by atoms with Gasteiger partial charge in [-0.15, -0.1) is 0 Å². The van der Waals surface area contributed by atoms with E-state index < -0.39 is 0 Å². The van der Waals surface area contributed by atoms with E-state index in [1.807, 2.05) is 6.07 Å². The van der Waals surface area contributed by atoms with Crippen LogP contribution in [0.2, 0.25) is 0 Å². The maximum absolute atomic E-state index is 11.7. The molecule has 90 valence electrons. The molecule has 1 aliphatic heterocycles. The van der Waals surface area contributed by atoms with Crippen LogP contribution in [0, 0.1) is 6.92 Å². The number of aryl methyl sites for hydroxylation is 1. The third kappa shape index (κ3) is 1.56. The predicted molar refractivity (Wildman–Crippen MR) is 72.2 cm³/mol. The van der Waals surface area contributed by atoms with E-state index in [0.717, 1.165) is 16.7 Å². The van der Waals surface area contributed by atoms with Gasteiger partial charge in [0.1, 0.15) is 0 Å². The molecule has 3 heteroatoms. The molecular weight excluding hydrogens is 224 g/mol. The summed E-state index contributed by atoms with van der Waals surface area (Å²) in [4.78, 5) is 11.7. The third-order valence-electron chi connectivity index (χ3n) is 3.36. The average Bonchev–Trinajstić information content (AvgIpc) is 2.75. The summed E-state index contributed by atoms with van der Waals surface area (Å²) in [5, 5.41) is 2.83. The van der Waals surface area contributed by atoms with Crippen molar-refractivity contribution >= 4 is 11.6 Å². The fraction of sp³-hybridized carbons (Fsp3) is 0.133. The van der Waals surface area contributed by atoms with Crippen molar-refractivity contribution in [2.24, 2.45) is 0 Å². The second kappa shape index (κ2) is 3.88. The Morgan fingerprint density at radius 1 is 1.11 bits per heavy atom. The standard InChI is InChI=1S/C15H14N2O/c1-9-2-4-10(5-3-9)11-6-7-13(16)14-12(11)8-17-15(14)18/h2-7H,8,16H2,1H3,(H,17,18). The number of amides is 1. The van der Waals surface area contributed by atoms with Crippen LogP contribution in [-0.4, -0.2) is 5.91 Å². The molecule has 1 amide bonds. The molecule has 1 heterocycles. The Kier molecular flexibility index (Phi) is 2.33. The Hall–Kier alpha value is -2.29. The summed E-state index contributed by atoms with van der Waals surface area (Å²) in [6.07, 6.45) is 0. The number of nitrogens with two attached hydrogens (primary N) is 1. The fourth-order valence-corrected chi connectivity index (χ4v) is 2.38. The first kappa shape index (κ1) is 10.8. The van der Waals surface area contributed by atoms with Gasteiger partial charge in [0, 0.05) is 12.2 Å². The molecule has 0 radical (unpaired) electrons. The Morgan fingerprint density at radius 3 is 2.56 bits per heavy atom. The van der Waals surface area contributed by atoms with Crippen molar-refractivity contribution in [3.63, 3.8) is 0 Å². The van der Waals surface area contributed by atoms with Crippen LogP contribution in [-0.2, 0) is 6.54 Å². The van der Waals surface area contributed by atoms with Crippen LogP contribution in [0.4, 0.5) is 5.69 Å². The highest BCUT2D eigenvalue weighted by Gasteiger charge is 2.24. The molecule has 0 bridgehead atoms. The zero-order valence-electron chi connectivity index (χ0n) is 10.2. The van der Waals surface area contributed by atoms with Gasteiger partial charge in [0.05, 0.1) is 5.56 Å². The zero-order valence-corrected chi connectivity index (χ0v) is 10.2. The van der Waals surface area contributed by atoms with Crippen molar-refractivity contribution in [3.8, 4) is 11.1 Å². The summed E-state index contributed by atoms with van der Waals surface area (Å²) in [5.41, 5.74) is 11.5. The monoisotopic (exact) mass is 238 g/mol. The van der Waals surface area contributed by atoms with Gasteiger partial charge in [0.2, 0.25) is 0 Å². The summed E-state index contributed by atoms with van der Waals surface area (Å²) in [6, 6.07) is 12.1. The van der Waals surface area contributed by atoms with E-state index in [4.69, 9.17) is 5.73 Å². The summed E-state index contributed by atoms with van der Waals surface area (Å²) in [5.74, 6) is -0.0727. The highest BCUT2D eigenvalue weighted by atomic mass is 16.1. The number of carbonyl (C=O) groups is 1. The maximum Gasteiger partial charge on any atom is 0.254 e. The highest BCUT2D eigenvalue weighted by Crippen LogP contribution is 2.32. The number of fused-ring (bicyclic) bond motifs is 1. The molecule has 0 aromatic heterocycles. The zero-order chi connectivity index (χ0) is 12.7. The number of carbonyl (C=O) groups excluding carboxylic acids is 1. The molecular formula is C15H14N2O. The van der Waals surface area contributed by atoms with E-state index in [-0.39, 0.29) is 5.91 Å². The smallest absolute Gasteiger partial charge is 0.254 e. The Balaban J connectivity index is 2.20. The minimum absolute atomic E-state index is 0.0727. The van der Waals surface area contributed by atoms with Gasteiger partial charge in [-0.25, -0.2) is 0 Å². The van der Waals surface area contributed by atoms with E-state index in [1.165, 1.54) is 5.56 Å². The third-order valence-corrected chi connectivity index (χ3v) is 3.36. The lowest BCUT2D eigenvalue weighted by molar-refractivity contribution is 0.0966. The number of benzene rings is 2. The quantitative estimate of drug-likeness (QED) is 0.750. The molecule has 18 heavy (non-hydrogen) atoms. The molecule has 0 saturated carbocycles. The number of hydrogen-bond donors (Lipinski definition) is 2. The van der Waals surface area contributed by atoms with Crippen molar-refractivity contribution in [1.82, 2.24) is 5.32 Å². The number of hydrogen-bond acceptors (Lipinski definition) is 2. The van der Waals surface area contributed by atoms with Crippen LogP contribution in [0.1, 0.15) is 21.5 Å². The van der Waals surface area contributed by atoms with Gasteiger partial charge >= 0.3 is 0 Å². The molecule has 3 rings (SSSR count). The van der Waals surface area contributed by atoms with Crippen molar-refractivity contribution in [1.29, 1.82) is 0 Å². The summed E-state index contributed by atoms with van der Waals surface area (Å²) < 4.78 is 0. The molecule has 0 saturated heterocycles. The lowest BCUT2D eigenvalue weighted by atomic mass is 9.95. The van der Waals surface area contributed by atoms with Crippen LogP contribution >= 0.6 is 0 Å². The lowest BCUT2D eigenvalue weighted by Gasteiger charge is -2.09. The summed E-state index contributed by atoms with van der Waals surface area (Å²) in [6.45, 7) is 2.62. The second-order valence-corrected chi connectivity index (χ2v) is 4.60. The van der Waals surface area contributed by atoms with Crippen molar-refractivity contribution < 1.29 is 4.79 Å². The van der Waals surface area contributed by atoms with Crippen molar-refractivity contribution in [3.05, 3.63) is 53.1 Å². The van der Waals surface area contributed by atoms with Gasteiger partial charge in [-0.2, -0.15) is 0 Å². The van der Waals surface area contributed by atoms with E-state index >= 15 is 0 Å². The topological polar surface area (TPSA) is 55.1 Å². The van der Waals surface area contributed by atoms with Gasteiger partial charge in [-0.05, 0) is 29.7 Å². The van der Waals surface area contributed by atoms with E-state index in [0.29, 0.717) is 17.8 Å². The van der Waals surface area contributed by atoms with Crippen LogP contribution < -0.4 is 11.1 Å². The maximum atomic E-state index is 11.7. The minimum Gasteiger partial charge on any atom is -0.398 e. The Bertz CT molecular complexity index is 630. The summed E-state index contributed by atoms with van der Waals surface area (Å²) in [7, 11) is 0. The lowest BCUT2D eigenvalue weighted by Crippen LogP contribution is -2.13. The number of rotatable bonds is 1. The molecule has 0 aliphatic carbocycles. The molecule has 2 aromatic carbocycles. The average molecular weight is 238 g/mol. The molecule has 3 nitrogen and oxygen atoms in total. The first-order valence-corrected chi connectivity index (χ1v) is 5.93. The van der Waals surface area contributed by atoms with Crippen molar-refractivity contribution in [2.45, 2.75) is 13.5 Å². The Morgan fingerprint density at radius 2 is 1.83 bits per heavy atom. The molecule has 3 N–H and O–H groups in total. The van der Waals surface area contributed by atoms with Gasteiger partial charge in [0.15, 0.2) is 0 Å². The summed E-state index contributed by atoms with van der Waals surface area (Å²) >= 11 is 0. The van der Waals surface area contributed by atoms with Gasteiger partial charge in [-0.1, -0.05) is 35.9 Å². The largest absolute Gasteiger partial charge is 0.398 e. The number of nitrogen functional groups attached to an aromatic ring is 1. The van der Waals surface area contributed by atoms with Crippen LogP contribution in [0.5, 0.6) is 0 Å². The minimum atomic E-state index is -0.0727. The van der Waals surface area contributed by atoms with Gasteiger partial charge < -0.3 is 11.1 Å². The molecule has 0 fully saturated rings. The Labute approximate surface area is 106 Å². The van der Waals surface area contributed by atoms with E-state index in [2.05, 4.69) is 36.5 Å². The number of anilines is 1.